The smallest absolute Gasteiger partial charge is 0.119 e. The first-order valence-corrected chi connectivity index (χ1v) is 9.63. The number of fused-ring (bicyclic) bond motifs is 1. The van der Waals surface area contributed by atoms with Crippen LogP contribution in [0.15, 0.2) is 43.1 Å². The molecule has 0 radical (unpaired) electrons. The number of benzene rings is 1. The highest BCUT2D eigenvalue weighted by Gasteiger charge is 2.25. The van der Waals surface area contributed by atoms with Crippen LogP contribution in [0.1, 0.15) is 50.2 Å². The average molecular weight is 354 g/mol. The summed E-state index contributed by atoms with van der Waals surface area (Å²) in [5, 5.41) is 11.8. The van der Waals surface area contributed by atoms with Gasteiger partial charge in [-0.2, -0.15) is 0 Å². The van der Waals surface area contributed by atoms with Gasteiger partial charge in [-0.1, -0.05) is 18.9 Å². The van der Waals surface area contributed by atoms with Gasteiger partial charge in [0.05, 0.1) is 18.7 Å². The molecule has 3 rings (SSSR count). The Morgan fingerprint density at radius 1 is 1.35 bits per heavy atom. The van der Waals surface area contributed by atoms with Gasteiger partial charge in [-0.25, -0.2) is 0 Å². The second kappa shape index (κ2) is 8.65. The molecule has 3 N–H and O–H groups in total. The number of rotatable bonds is 7. The quantitative estimate of drug-likeness (QED) is 0.724. The van der Waals surface area contributed by atoms with Gasteiger partial charge >= 0.3 is 0 Å². The Hall–Kier alpha value is -1.91. The van der Waals surface area contributed by atoms with E-state index in [4.69, 9.17) is 10.5 Å². The van der Waals surface area contributed by atoms with Crippen LogP contribution in [0.4, 0.5) is 0 Å². The minimum absolute atomic E-state index is 0.292. The van der Waals surface area contributed by atoms with Crippen LogP contribution in [0.25, 0.3) is 10.9 Å². The molecule has 4 heteroatoms. The lowest BCUT2D eigenvalue weighted by Gasteiger charge is -2.31. The molecule has 140 valence electrons. The minimum atomic E-state index is -0.710. The van der Waals surface area contributed by atoms with Crippen LogP contribution in [0, 0.1) is 11.8 Å². The topological polar surface area (TPSA) is 68.4 Å². The highest BCUT2D eigenvalue weighted by Crippen LogP contribution is 2.35. The van der Waals surface area contributed by atoms with Crippen molar-refractivity contribution >= 4 is 10.9 Å². The van der Waals surface area contributed by atoms with E-state index in [-0.39, 0.29) is 6.04 Å². The van der Waals surface area contributed by atoms with Gasteiger partial charge in [-0.3, -0.25) is 4.98 Å². The number of methoxy groups -OCH3 is 1. The Morgan fingerprint density at radius 2 is 2.15 bits per heavy atom. The van der Waals surface area contributed by atoms with Gasteiger partial charge in [0.15, 0.2) is 0 Å². The maximum Gasteiger partial charge on any atom is 0.119 e. The number of allylic oxidation sites excluding steroid dienone is 1. The van der Waals surface area contributed by atoms with Gasteiger partial charge in [-0.15, -0.1) is 6.58 Å². The van der Waals surface area contributed by atoms with E-state index >= 15 is 0 Å². The number of aliphatic hydroxyl groups is 1. The van der Waals surface area contributed by atoms with E-state index < -0.39 is 6.10 Å². The molecular formula is C22H30N2O2. The summed E-state index contributed by atoms with van der Waals surface area (Å²) in [5.74, 6) is 2.00. The number of aliphatic hydroxyl groups excluding tert-OH is 1. The van der Waals surface area contributed by atoms with E-state index in [1.54, 1.807) is 13.3 Å². The van der Waals surface area contributed by atoms with Crippen LogP contribution < -0.4 is 10.5 Å². The van der Waals surface area contributed by atoms with Crippen molar-refractivity contribution in [3.63, 3.8) is 0 Å². The van der Waals surface area contributed by atoms with Gasteiger partial charge in [0, 0.05) is 17.6 Å². The zero-order valence-corrected chi connectivity index (χ0v) is 15.6. The summed E-state index contributed by atoms with van der Waals surface area (Å²) < 4.78 is 5.32. The van der Waals surface area contributed by atoms with E-state index in [0.29, 0.717) is 11.8 Å². The fourth-order valence-electron chi connectivity index (χ4n) is 4.23. The van der Waals surface area contributed by atoms with Crippen molar-refractivity contribution in [3.8, 4) is 5.75 Å². The molecule has 1 saturated carbocycles. The highest BCUT2D eigenvalue weighted by atomic mass is 16.5. The maximum atomic E-state index is 10.9. The van der Waals surface area contributed by atoms with Crippen molar-refractivity contribution < 1.29 is 9.84 Å². The normalized spacial score (nSPS) is 22.7. The number of pyridine rings is 1. The second-order valence-corrected chi connectivity index (χ2v) is 7.41. The van der Waals surface area contributed by atoms with Crippen LogP contribution in [-0.2, 0) is 0 Å². The standard InChI is InChI=1S/C22H30N2O2/c1-3-15-6-4-5-7-16(15)8-10-20(23)22(25)18-12-13-24-21-11-9-17(26-2)14-19(18)21/h3,9,11-16,20,22,25H,1,4-8,10,23H2,2H3/t15-,16?,20-,22-/m1/s1. The number of hydrogen-bond donors (Lipinski definition) is 2. The van der Waals surface area contributed by atoms with E-state index in [1.807, 2.05) is 24.3 Å². The predicted molar refractivity (Wildman–Crippen MR) is 106 cm³/mol. The fraction of sp³-hybridized carbons (Fsp3) is 0.500. The average Bonchev–Trinajstić information content (AvgIpc) is 2.70. The molecule has 0 saturated heterocycles. The molecule has 0 amide bonds. The van der Waals surface area contributed by atoms with Gasteiger partial charge in [0.25, 0.3) is 0 Å². The van der Waals surface area contributed by atoms with Crippen molar-refractivity contribution in [3.05, 3.63) is 48.7 Å². The van der Waals surface area contributed by atoms with Crippen LogP contribution in [0.5, 0.6) is 5.75 Å². The van der Waals surface area contributed by atoms with E-state index in [2.05, 4.69) is 17.6 Å². The molecule has 1 unspecified atom stereocenters. The van der Waals surface area contributed by atoms with Crippen molar-refractivity contribution in [2.24, 2.45) is 17.6 Å². The molecule has 0 aliphatic heterocycles. The lowest BCUT2D eigenvalue weighted by molar-refractivity contribution is 0.135. The molecular weight excluding hydrogens is 324 g/mol. The molecule has 1 aliphatic carbocycles. The molecule has 0 bridgehead atoms. The van der Waals surface area contributed by atoms with E-state index in [9.17, 15) is 5.11 Å². The molecule has 26 heavy (non-hydrogen) atoms. The third-order valence-electron chi connectivity index (χ3n) is 5.85. The summed E-state index contributed by atoms with van der Waals surface area (Å²) >= 11 is 0. The van der Waals surface area contributed by atoms with Crippen LogP contribution in [-0.4, -0.2) is 23.2 Å². The van der Waals surface area contributed by atoms with Crippen molar-refractivity contribution in [1.29, 1.82) is 0 Å². The summed E-state index contributed by atoms with van der Waals surface area (Å²) in [5.41, 5.74) is 8.05. The fourth-order valence-corrected chi connectivity index (χ4v) is 4.23. The summed E-state index contributed by atoms with van der Waals surface area (Å²) in [6, 6.07) is 7.28. The zero-order chi connectivity index (χ0) is 18.5. The lowest BCUT2D eigenvalue weighted by atomic mass is 9.76. The lowest BCUT2D eigenvalue weighted by Crippen LogP contribution is -2.30. The molecule has 4 nitrogen and oxygen atoms in total. The number of ether oxygens (including phenoxy) is 1. The monoisotopic (exact) mass is 354 g/mol. The van der Waals surface area contributed by atoms with Crippen molar-refractivity contribution in [1.82, 2.24) is 4.98 Å². The Kier molecular flexibility index (Phi) is 6.28. The van der Waals surface area contributed by atoms with Crippen LogP contribution >= 0.6 is 0 Å². The first-order chi connectivity index (χ1) is 12.6. The molecule has 4 atom stereocenters. The summed E-state index contributed by atoms with van der Waals surface area (Å²) in [6.45, 7) is 4.00. The molecule has 1 aromatic heterocycles. The molecule has 1 aliphatic rings. The Labute approximate surface area is 156 Å². The Bertz CT molecular complexity index is 746. The van der Waals surface area contributed by atoms with Crippen LogP contribution in [0.3, 0.4) is 0 Å². The van der Waals surface area contributed by atoms with E-state index in [1.165, 1.54) is 25.7 Å². The Morgan fingerprint density at radius 3 is 2.92 bits per heavy atom. The van der Waals surface area contributed by atoms with Gasteiger partial charge in [0.2, 0.25) is 0 Å². The molecule has 1 fully saturated rings. The predicted octanol–water partition coefficient (Wildman–Crippen LogP) is 4.38. The summed E-state index contributed by atoms with van der Waals surface area (Å²) in [7, 11) is 1.64. The minimum Gasteiger partial charge on any atom is -0.497 e. The maximum absolute atomic E-state index is 10.9. The van der Waals surface area contributed by atoms with Gasteiger partial charge in [0.1, 0.15) is 5.75 Å². The summed E-state index contributed by atoms with van der Waals surface area (Å²) in [4.78, 5) is 4.38. The van der Waals surface area contributed by atoms with Gasteiger partial charge in [-0.05, 0) is 67.3 Å². The van der Waals surface area contributed by atoms with E-state index in [0.717, 1.165) is 35.1 Å². The first-order valence-electron chi connectivity index (χ1n) is 9.63. The largest absolute Gasteiger partial charge is 0.497 e. The number of nitrogens with zero attached hydrogens (tertiary/aromatic N) is 1. The third kappa shape index (κ3) is 4.08. The zero-order valence-electron chi connectivity index (χ0n) is 15.6. The number of nitrogens with two attached hydrogens (primary N) is 1. The molecule has 1 heterocycles. The van der Waals surface area contributed by atoms with Crippen molar-refractivity contribution in [2.45, 2.75) is 50.7 Å². The van der Waals surface area contributed by atoms with Crippen LogP contribution in [0.2, 0.25) is 0 Å². The summed E-state index contributed by atoms with van der Waals surface area (Å²) in [6.07, 6.45) is 10.1. The molecule has 0 spiro atoms. The Balaban J connectivity index is 1.73. The second-order valence-electron chi connectivity index (χ2n) is 7.41. The number of aromatic nitrogens is 1. The highest BCUT2D eigenvalue weighted by molar-refractivity contribution is 5.83. The third-order valence-corrected chi connectivity index (χ3v) is 5.85. The molecule has 1 aromatic carbocycles. The molecule has 2 aromatic rings. The number of hydrogen-bond acceptors (Lipinski definition) is 4. The SMILES string of the molecule is C=C[C@@H]1CCCCC1CC[C@@H](N)[C@H](O)c1ccnc2ccc(OC)cc12. The van der Waals surface area contributed by atoms with Crippen molar-refractivity contribution in [2.75, 3.05) is 7.11 Å². The first kappa shape index (κ1) is 18.9. The van der Waals surface area contributed by atoms with Gasteiger partial charge < -0.3 is 15.6 Å².